The molecule has 0 amide bonds. The molecule has 84 valence electrons. The van der Waals surface area contributed by atoms with Crippen LogP contribution >= 0.6 is 0 Å². The van der Waals surface area contributed by atoms with Crippen LogP contribution in [0.25, 0.3) is 0 Å². The average Bonchev–Trinajstić information content (AvgIpc) is 2.31. The van der Waals surface area contributed by atoms with Crippen LogP contribution in [0.5, 0.6) is 0 Å². The van der Waals surface area contributed by atoms with Gasteiger partial charge in [0.15, 0.2) is 0 Å². The van der Waals surface area contributed by atoms with Crippen LogP contribution in [0.2, 0.25) is 4.97 Å². The Morgan fingerprint density at radius 2 is 1.31 bits per heavy atom. The van der Waals surface area contributed by atoms with E-state index in [-0.39, 0.29) is 24.0 Å². The number of halogens is 1. The smallest absolute Gasteiger partial charge is 1.00 e. The van der Waals surface area contributed by atoms with E-state index in [2.05, 4.69) is 65.6 Å². The van der Waals surface area contributed by atoms with E-state index in [1.165, 1.54) is 10.0 Å². The van der Waals surface area contributed by atoms with Crippen LogP contribution in [-0.2, 0) is 4.47 Å². The summed E-state index contributed by atoms with van der Waals surface area (Å²) >= 11 is -1.10. The molecule has 0 saturated heterocycles. The van der Waals surface area contributed by atoms with Gasteiger partial charge in [0.1, 0.15) is 0 Å². The molecule has 0 spiro atoms. The molecule has 0 unspecified atom stereocenters. The molecule has 0 heterocycles. The Hall–Kier alpha value is -0.0404. The van der Waals surface area contributed by atoms with E-state index in [9.17, 15) is 0 Å². The molecule has 0 radical (unpaired) electrons. The molecule has 0 atom stereocenters. The van der Waals surface area contributed by atoms with Crippen molar-refractivity contribution in [3.63, 3.8) is 0 Å². The summed E-state index contributed by atoms with van der Waals surface area (Å²) in [6, 6.07) is 21.8. The van der Waals surface area contributed by atoms with Crippen molar-refractivity contribution in [3.8, 4) is 0 Å². The maximum Gasteiger partial charge on any atom is -1.00 e. The van der Waals surface area contributed by atoms with Gasteiger partial charge >= 0.3 is 98.8 Å². The van der Waals surface area contributed by atoms with E-state index in [1.54, 1.807) is 3.61 Å². The Bertz CT molecular complexity index is 400. The van der Waals surface area contributed by atoms with Crippen molar-refractivity contribution in [2.75, 3.05) is 0 Å². The van der Waals surface area contributed by atoms with Crippen molar-refractivity contribution >= 4 is 23.2 Å². The van der Waals surface area contributed by atoms with Gasteiger partial charge in [-0.1, -0.05) is 0 Å². The van der Waals surface area contributed by atoms with Gasteiger partial charge in [-0.05, 0) is 0 Å². The van der Waals surface area contributed by atoms with Crippen molar-refractivity contribution < 1.29 is 24.0 Å². The summed E-state index contributed by atoms with van der Waals surface area (Å²) in [7, 11) is 0. The topological polar surface area (TPSA) is 0 Å². The summed E-state index contributed by atoms with van der Waals surface area (Å²) in [5.41, 5.74) is 1.49. The third-order valence-electron chi connectivity index (χ3n) is 2.37. The Kier molecular flexibility index (Phi) is 6.41. The van der Waals surface area contributed by atoms with Crippen molar-refractivity contribution in [2.24, 2.45) is 0 Å². The fraction of sp³-hybridized carbons (Fsp3) is 0.143. The van der Waals surface area contributed by atoms with Crippen LogP contribution < -0.4 is 27.6 Å². The van der Waals surface area contributed by atoms with Crippen molar-refractivity contribution in [1.29, 1.82) is 0 Å². The second-order valence-electron chi connectivity index (χ2n) is 3.58. The first-order valence-electron chi connectivity index (χ1n) is 5.08. The minimum Gasteiger partial charge on any atom is -1.00 e. The van der Waals surface area contributed by atoms with E-state index in [0.717, 1.165) is 0 Å². The number of hydrogen-bond acceptors (Lipinski definition) is 0. The molecule has 16 heavy (non-hydrogen) atoms. The second kappa shape index (κ2) is 7.32. The molecule has 0 aromatic heterocycles. The Labute approximate surface area is 122 Å². The summed E-state index contributed by atoms with van der Waals surface area (Å²) in [5, 5.41) is 0. The molecule has 2 aromatic carbocycles. The third kappa shape index (κ3) is 4.08. The first kappa shape index (κ1) is 14.0. The molecule has 0 saturated carbocycles. The summed E-state index contributed by atoms with van der Waals surface area (Å²) in [6.45, 7) is 0. The van der Waals surface area contributed by atoms with Gasteiger partial charge in [0.2, 0.25) is 0 Å². The standard InChI is InChI=1S/C14H15Te.HI/c1-15(14-10-6-3-7-11-14)12-13-8-4-2-5-9-13;/h2-11H,12H2,1H3;1H/q+1;/p-1. The van der Waals surface area contributed by atoms with E-state index < -0.39 is 19.6 Å². The largest absolute Gasteiger partial charge is 1.00 e. The van der Waals surface area contributed by atoms with Gasteiger partial charge in [-0.3, -0.25) is 0 Å². The molecule has 0 aliphatic rings. The van der Waals surface area contributed by atoms with E-state index in [1.807, 2.05) is 0 Å². The van der Waals surface area contributed by atoms with Crippen LogP contribution in [0.15, 0.2) is 60.7 Å². The zero-order valence-electron chi connectivity index (χ0n) is 9.27. The molecule has 2 rings (SSSR count). The Morgan fingerprint density at radius 1 is 0.812 bits per heavy atom. The normalized spacial score (nSPS) is 9.88. The molecular formula is C14H15ITe. The maximum absolute atomic E-state index is 2.45. The zero-order chi connectivity index (χ0) is 10.5. The maximum atomic E-state index is 2.45. The Balaban J connectivity index is 0.00000128. The predicted molar refractivity (Wildman–Crippen MR) is 67.8 cm³/mol. The quantitative estimate of drug-likeness (QED) is 0.461. The molecule has 0 bridgehead atoms. The van der Waals surface area contributed by atoms with Gasteiger partial charge in [0.05, 0.1) is 0 Å². The van der Waals surface area contributed by atoms with Crippen LogP contribution in [-0.4, -0.2) is 19.6 Å². The summed E-state index contributed by atoms with van der Waals surface area (Å²) in [4.78, 5) is 2.45. The van der Waals surface area contributed by atoms with Gasteiger partial charge in [-0.25, -0.2) is 0 Å². The molecule has 0 fully saturated rings. The second-order valence-corrected chi connectivity index (χ2v) is 9.39. The molecule has 0 N–H and O–H groups in total. The van der Waals surface area contributed by atoms with Crippen LogP contribution in [0.1, 0.15) is 5.56 Å². The van der Waals surface area contributed by atoms with Gasteiger partial charge in [0, 0.05) is 0 Å². The van der Waals surface area contributed by atoms with E-state index in [0.29, 0.717) is 0 Å². The minimum atomic E-state index is -1.10. The zero-order valence-corrected chi connectivity index (χ0v) is 13.8. The summed E-state index contributed by atoms with van der Waals surface area (Å²) < 4.78 is 2.87. The van der Waals surface area contributed by atoms with Crippen LogP contribution in [0.4, 0.5) is 0 Å². The Morgan fingerprint density at radius 3 is 1.88 bits per heavy atom. The van der Waals surface area contributed by atoms with Crippen LogP contribution in [0, 0.1) is 0 Å². The van der Waals surface area contributed by atoms with E-state index in [4.69, 9.17) is 0 Å². The molecule has 2 heteroatoms. The molecule has 0 aliphatic carbocycles. The number of hydrogen-bond donors (Lipinski definition) is 0. The minimum absolute atomic E-state index is 0. The monoisotopic (exact) mass is 440 g/mol. The molecule has 0 nitrogen and oxygen atoms in total. The third-order valence-corrected chi connectivity index (χ3v) is 7.63. The van der Waals surface area contributed by atoms with Gasteiger partial charge in [-0.15, -0.1) is 0 Å². The SMILES string of the molecule is C[Te+](Cc1ccccc1)c1ccccc1.[I-]. The first-order valence-corrected chi connectivity index (χ1v) is 10.2. The van der Waals surface area contributed by atoms with Crippen LogP contribution in [0.3, 0.4) is 0 Å². The van der Waals surface area contributed by atoms with Gasteiger partial charge in [0.25, 0.3) is 0 Å². The fourth-order valence-electron chi connectivity index (χ4n) is 1.56. The number of rotatable bonds is 3. The predicted octanol–water partition coefficient (Wildman–Crippen LogP) is -0.196. The van der Waals surface area contributed by atoms with Gasteiger partial charge in [-0.2, -0.15) is 0 Å². The van der Waals surface area contributed by atoms with E-state index >= 15 is 0 Å². The first-order chi connectivity index (χ1) is 7.36. The molecular weight excluding hydrogens is 423 g/mol. The van der Waals surface area contributed by atoms with Crippen molar-refractivity contribution in [3.05, 3.63) is 66.2 Å². The summed E-state index contributed by atoms with van der Waals surface area (Å²) in [5.74, 6) is 0. The van der Waals surface area contributed by atoms with Crippen molar-refractivity contribution in [1.82, 2.24) is 0 Å². The molecule has 2 aromatic rings. The van der Waals surface area contributed by atoms with Gasteiger partial charge < -0.3 is 24.0 Å². The molecule has 0 aliphatic heterocycles. The summed E-state index contributed by atoms with van der Waals surface area (Å²) in [6.07, 6.45) is 0. The fourth-order valence-corrected chi connectivity index (χ4v) is 5.79. The van der Waals surface area contributed by atoms with Crippen molar-refractivity contribution in [2.45, 2.75) is 9.44 Å². The average molecular weight is 438 g/mol. The number of benzene rings is 2.